The Labute approximate surface area is 79.8 Å². The van der Waals surface area contributed by atoms with Crippen LogP contribution in [0.5, 0.6) is 5.88 Å². The molecule has 2 N–H and O–H groups in total. The highest BCUT2D eigenvalue weighted by Gasteiger charge is 2.08. The lowest BCUT2D eigenvalue weighted by Crippen LogP contribution is -2.18. The predicted molar refractivity (Wildman–Crippen MR) is 41.7 cm³/mol. The van der Waals surface area contributed by atoms with Crippen LogP contribution in [0.15, 0.2) is 12.3 Å². The molecular formula is C5H7N3O5S. The van der Waals surface area contributed by atoms with E-state index in [-0.39, 0.29) is 11.8 Å². The van der Waals surface area contributed by atoms with E-state index in [9.17, 15) is 13.0 Å². The molecule has 0 aromatic carbocycles. The van der Waals surface area contributed by atoms with Crippen LogP contribution in [0, 0.1) is 0 Å². The SMILES string of the molecule is COc1cc[nH+]c(NOS(=O)(=O)[O-])n1. The smallest absolute Gasteiger partial charge is 0.422 e. The Hall–Kier alpha value is -1.45. The number of nitrogens with one attached hydrogen (secondary N) is 2. The van der Waals surface area contributed by atoms with Crippen LogP contribution >= 0.6 is 0 Å². The summed E-state index contributed by atoms with van der Waals surface area (Å²) in [6.07, 6.45) is 1.43. The number of hydrogen-bond donors (Lipinski definition) is 1. The van der Waals surface area contributed by atoms with Gasteiger partial charge in [-0.05, 0) is 4.98 Å². The van der Waals surface area contributed by atoms with E-state index in [4.69, 9.17) is 4.74 Å². The van der Waals surface area contributed by atoms with Crippen molar-refractivity contribution in [2.45, 2.75) is 0 Å². The molecule has 0 bridgehead atoms. The quantitative estimate of drug-likeness (QED) is 0.382. The second kappa shape index (κ2) is 4.17. The van der Waals surface area contributed by atoms with Crippen LogP contribution in [-0.4, -0.2) is 25.1 Å². The van der Waals surface area contributed by atoms with Crippen molar-refractivity contribution in [1.29, 1.82) is 0 Å². The largest absolute Gasteiger partial charge is 0.723 e. The van der Waals surface area contributed by atoms with E-state index < -0.39 is 10.4 Å². The second-order valence-corrected chi connectivity index (χ2v) is 3.06. The number of nitrogens with zero attached hydrogens (tertiary/aromatic N) is 1. The summed E-state index contributed by atoms with van der Waals surface area (Å²) in [5.74, 6) is 0.168. The third kappa shape index (κ3) is 3.51. The zero-order valence-electron chi connectivity index (χ0n) is 7.05. The topological polar surface area (TPSA) is 115 Å². The predicted octanol–water partition coefficient (Wildman–Crippen LogP) is -1.29. The van der Waals surface area contributed by atoms with Gasteiger partial charge in [-0.15, -0.1) is 9.76 Å². The van der Waals surface area contributed by atoms with Gasteiger partial charge in [0.2, 0.25) is 0 Å². The van der Waals surface area contributed by atoms with Crippen LogP contribution in [0.2, 0.25) is 0 Å². The van der Waals surface area contributed by atoms with E-state index in [2.05, 4.69) is 14.3 Å². The van der Waals surface area contributed by atoms with Crippen molar-refractivity contribution in [3.8, 4) is 5.88 Å². The Morgan fingerprint density at radius 1 is 1.64 bits per heavy atom. The number of H-pyrrole nitrogens is 1. The molecule has 0 aliphatic carbocycles. The van der Waals surface area contributed by atoms with Gasteiger partial charge >= 0.3 is 5.95 Å². The third-order valence-corrected chi connectivity index (χ3v) is 1.40. The molecule has 0 saturated heterocycles. The lowest BCUT2D eigenvalue weighted by atomic mass is 10.6. The number of rotatable bonds is 4. The number of aromatic nitrogens is 2. The molecule has 9 heteroatoms. The number of anilines is 1. The lowest BCUT2D eigenvalue weighted by Gasteiger charge is -2.02. The van der Waals surface area contributed by atoms with Crippen LogP contribution in [-0.2, 0) is 14.7 Å². The monoisotopic (exact) mass is 221 g/mol. The van der Waals surface area contributed by atoms with E-state index in [1.165, 1.54) is 19.4 Å². The molecule has 0 unspecified atom stereocenters. The van der Waals surface area contributed by atoms with Crippen molar-refractivity contribution in [3.63, 3.8) is 0 Å². The van der Waals surface area contributed by atoms with Crippen LogP contribution < -0.4 is 15.2 Å². The van der Waals surface area contributed by atoms with E-state index in [0.29, 0.717) is 0 Å². The zero-order valence-corrected chi connectivity index (χ0v) is 7.87. The maximum atomic E-state index is 10.0. The molecule has 0 amide bonds. The first-order valence-electron chi connectivity index (χ1n) is 3.34. The van der Waals surface area contributed by atoms with Gasteiger partial charge in [-0.3, -0.25) is 0 Å². The first-order chi connectivity index (χ1) is 6.51. The molecule has 1 heterocycles. The normalized spacial score (nSPS) is 11.0. The minimum absolute atomic E-state index is 0.0659. The molecule has 0 atom stereocenters. The fraction of sp³-hybridized carbons (Fsp3) is 0.200. The van der Waals surface area contributed by atoms with Gasteiger partial charge in [0.25, 0.3) is 16.3 Å². The first kappa shape index (κ1) is 10.6. The summed E-state index contributed by atoms with van der Waals surface area (Å²) >= 11 is 0. The standard InChI is InChI=1S/C5H7N3O5S/c1-12-4-2-3-6-5(7-4)8-13-14(9,10)11/h2-3H,1H3,(H,6,7,8)(H,9,10,11). The van der Waals surface area contributed by atoms with E-state index >= 15 is 0 Å². The number of ether oxygens (including phenoxy) is 1. The van der Waals surface area contributed by atoms with E-state index in [0.717, 1.165) is 0 Å². The van der Waals surface area contributed by atoms with Gasteiger partial charge in [0.1, 0.15) is 0 Å². The van der Waals surface area contributed by atoms with E-state index in [1.54, 1.807) is 0 Å². The van der Waals surface area contributed by atoms with Gasteiger partial charge < -0.3 is 9.29 Å². The second-order valence-electron chi connectivity index (χ2n) is 2.07. The fourth-order valence-corrected chi connectivity index (χ4v) is 0.809. The van der Waals surface area contributed by atoms with Crippen molar-refractivity contribution in [1.82, 2.24) is 4.98 Å². The number of methoxy groups -OCH3 is 1. The molecule has 1 aromatic rings. The van der Waals surface area contributed by atoms with Crippen molar-refractivity contribution < 1.29 is 27.0 Å². The Kier molecular flexibility index (Phi) is 3.17. The summed E-state index contributed by atoms with van der Waals surface area (Å²) < 4.78 is 38.6. The summed E-state index contributed by atoms with van der Waals surface area (Å²) in [6.45, 7) is 0. The summed E-state index contributed by atoms with van der Waals surface area (Å²) in [5.41, 5.74) is 1.81. The molecule has 0 fully saturated rings. The van der Waals surface area contributed by atoms with Crippen molar-refractivity contribution in [3.05, 3.63) is 12.3 Å². The molecule has 0 radical (unpaired) electrons. The van der Waals surface area contributed by atoms with Crippen LogP contribution in [0.4, 0.5) is 5.95 Å². The molecule has 1 rings (SSSR count). The highest BCUT2D eigenvalue weighted by atomic mass is 32.3. The van der Waals surface area contributed by atoms with Gasteiger partial charge in [-0.1, -0.05) is 0 Å². The third-order valence-electron chi connectivity index (χ3n) is 1.12. The summed E-state index contributed by atoms with van der Waals surface area (Å²) in [7, 11) is -3.42. The van der Waals surface area contributed by atoms with Gasteiger partial charge in [-0.25, -0.2) is 13.4 Å². The zero-order chi connectivity index (χ0) is 10.6. The van der Waals surface area contributed by atoms with Gasteiger partial charge in [0, 0.05) is 6.07 Å². The molecule has 1 aromatic heterocycles. The van der Waals surface area contributed by atoms with Gasteiger partial charge in [0.15, 0.2) is 0 Å². The highest BCUT2D eigenvalue weighted by molar-refractivity contribution is 7.80. The molecule has 8 nitrogen and oxygen atoms in total. The lowest BCUT2D eigenvalue weighted by molar-refractivity contribution is -0.367. The number of aromatic amines is 1. The molecule has 0 saturated carbocycles. The average Bonchev–Trinajstić information content (AvgIpc) is 2.14. The minimum atomic E-state index is -4.80. The molecule has 0 aliphatic heterocycles. The Morgan fingerprint density at radius 3 is 2.93 bits per heavy atom. The van der Waals surface area contributed by atoms with Gasteiger partial charge in [-0.2, -0.15) is 0 Å². The maximum absolute atomic E-state index is 10.0. The highest BCUT2D eigenvalue weighted by Crippen LogP contribution is 2.04. The van der Waals surface area contributed by atoms with Gasteiger partial charge in [0.05, 0.1) is 13.3 Å². The molecule has 78 valence electrons. The summed E-state index contributed by atoms with van der Waals surface area (Å²) in [5, 5.41) is 0. The Balaban J connectivity index is 2.68. The number of hydrogen-bond acceptors (Lipinski definition) is 7. The average molecular weight is 221 g/mol. The van der Waals surface area contributed by atoms with Crippen molar-refractivity contribution >= 4 is 16.3 Å². The summed E-state index contributed by atoms with van der Waals surface area (Å²) in [4.78, 5) is 6.16. The van der Waals surface area contributed by atoms with Crippen LogP contribution in [0.1, 0.15) is 0 Å². The van der Waals surface area contributed by atoms with Crippen molar-refractivity contribution in [2.24, 2.45) is 0 Å². The van der Waals surface area contributed by atoms with Crippen LogP contribution in [0.3, 0.4) is 0 Å². The molecule has 0 spiro atoms. The molecule has 14 heavy (non-hydrogen) atoms. The summed E-state index contributed by atoms with van der Waals surface area (Å²) in [6, 6.07) is 1.50. The Bertz CT molecular complexity index is 406. The fourth-order valence-electron chi connectivity index (χ4n) is 0.628. The van der Waals surface area contributed by atoms with Crippen molar-refractivity contribution in [2.75, 3.05) is 12.6 Å². The first-order valence-corrected chi connectivity index (χ1v) is 4.67. The van der Waals surface area contributed by atoms with E-state index in [1.807, 2.05) is 5.48 Å². The molecule has 0 aliphatic rings. The van der Waals surface area contributed by atoms with Crippen LogP contribution in [0.25, 0.3) is 0 Å². The Morgan fingerprint density at radius 2 is 2.36 bits per heavy atom. The minimum Gasteiger partial charge on any atom is -0.723 e. The molecular weight excluding hydrogens is 214 g/mol. The maximum Gasteiger partial charge on any atom is 0.422 e.